The van der Waals surface area contributed by atoms with E-state index >= 15 is 0 Å². The lowest BCUT2D eigenvalue weighted by atomic mass is 10.0. The number of likely N-dealkylation sites (tertiary alicyclic amines) is 1. The maximum absolute atomic E-state index is 13.3. The molecule has 1 aliphatic rings. The molecule has 4 heteroatoms. The molecule has 3 rings (SSSR count). The van der Waals surface area contributed by atoms with Crippen LogP contribution >= 0.6 is 11.3 Å². The molecule has 1 N–H and O–H groups in total. The lowest BCUT2D eigenvalue weighted by Crippen LogP contribution is -2.23. The SMILES string of the molecule is O[C@H]1C[C@@H](c2cccc(F)c2)N(Cc2cccs2)C1. The molecule has 0 spiro atoms. The van der Waals surface area contributed by atoms with E-state index in [1.54, 1.807) is 23.5 Å². The van der Waals surface area contributed by atoms with E-state index in [2.05, 4.69) is 16.3 Å². The molecule has 2 heterocycles. The minimum absolute atomic E-state index is 0.104. The van der Waals surface area contributed by atoms with Crippen molar-refractivity contribution in [2.24, 2.45) is 0 Å². The predicted octanol–water partition coefficient (Wildman–Crippen LogP) is 3.20. The van der Waals surface area contributed by atoms with Gasteiger partial charge in [0.05, 0.1) is 6.10 Å². The van der Waals surface area contributed by atoms with Crippen LogP contribution in [0.4, 0.5) is 4.39 Å². The van der Waals surface area contributed by atoms with Crippen molar-refractivity contribution < 1.29 is 9.50 Å². The molecule has 0 saturated carbocycles. The molecule has 0 unspecified atom stereocenters. The fourth-order valence-corrected chi connectivity index (χ4v) is 3.45. The highest BCUT2D eigenvalue weighted by Gasteiger charge is 2.32. The number of halogens is 1. The highest BCUT2D eigenvalue weighted by atomic mass is 32.1. The second kappa shape index (κ2) is 5.41. The Morgan fingerprint density at radius 3 is 2.95 bits per heavy atom. The van der Waals surface area contributed by atoms with Gasteiger partial charge in [-0.3, -0.25) is 4.90 Å². The molecular formula is C15H16FNOS. The number of β-amino-alcohol motifs (C(OH)–C–C–N with tert-alkyl or cyclic N) is 1. The van der Waals surface area contributed by atoms with Crippen LogP contribution in [0, 0.1) is 5.82 Å². The zero-order valence-electron chi connectivity index (χ0n) is 10.5. The summed E-state index contributed by atoms with van der Waals surface area (Å²) < 4.78 is 13.3. The smallest absolute Gasteiger partial charge is 0.123 e. The van der Waals surface area contributed by atoms with Gasteiger partial charge < -0.3 is 5.11 Å². The lowest BCUT2D eigenvalue weighted by Gasteiger charge is -2.23. The number of aliphatic hydroxyl groups excluding tert-OH is 1. The van der Waals surface area contributed by atoms with Crippen molar-refractivity contribution in [1.29, 1.82) is 0 Å². The van der Waals surface area contributed by atoms with E-state index in [1.165, 1.54) is 10.9 Å². The van der Waals surface area contributed by atoms with Crippen LogP contribution in [-0.2, 0) is 6.54 Å². The molecule has 1 aromatic carbocycles. The van der Waals surface area contributed by atoms with Crippen LogP contribution in [0.5, 0.6) is 0 Å². The van der Waals surface area contributed by atoms with Crippen molar-refractivity contribution in [2.75, 3.05) is 6.54 Å². The Bertz CT molecular complexity index is 543. The van der Waals surface area contributed by atoms with E-state index in [1.807, 2.05) is 12.1 Å². The zero-order valence-corrected chi connectivity index (χ0v) is 11.3. The fraction of sp³-hybridized carbons (Fsp3) is 0.333. The van der Waals surface area contributed by atoms with Crippen LogP contribution in [0.25, 0.3) is 0 Å². The molecule has 2 aromatic rings. The summed E-state index contributed by atoms with van der Waals surface area (Å²) in [5.74, 6) is -0.213. The number of aliphatic hydroxyl groups is 1. The topological polar surface area (TPSA) is 23.5 Å². The van der Waals surface area contributed by atoms with E-state index in [4.69, 9.17) is 0 Å². The van der Waals surface area contributed by atoms with Gasteiger partial charge in [-0.05, 0) is 35.6 Å². The lowest BCUT2D eigenvalue weighted by molar-refractivity contribution is 0.173. The molecule has 100 valence electrons. The number of benzene rings is 1. The van der Waals surface area contributed by atoms with Gasteiger partial charge in [-0.2, -0.15) is 0 Å². The average Bonchev–Trinajstić information content (AvgIpc) is 3.00. The molecule has 19 heavy (non-hydrogen) atoms. The second-order valence-corrected chi connectivity index (χ2v) is 6.00. The zero-order chi connectivity index (χ0) is 13.2. The summed E-state index contributed by atoms with van der Waals surface area (Å²) in [6.07, 6.45) is 0.350. The molecule has 1 aromatic heterocycles. The Balaban J connectivity index is 1.82. The van der Waals surface area contributed by atoms with Gasteiger partial charge in [0.2, 0.25) is 0 Å². The van der Waals surface area contributed by atoms with E-state index < -0.39 is 0 Å². The van der Waals surface area contributed by atoms with Crippen LogP contribution in [0.2, 0.25) is 0 Å². The summed E-state index contributed by atoms with van der Waals surface area (Å²) in [4.78, 5) is 3.50. The molecule has 2 atom stereocenters. The quantitative estimate of drug-likeness (QED) is 0.931. The van der Waals surface area contributed by atoms with Crippen LogP contribution in [0.1, 0.15) is 22.9 Å². The largest absolute Gasteiger partial charge is 0.392 e. The van der Waals surface area contributed by atoms with Crippen LogP contribution < -0.4 is 0 Å². The molecule has 1 aliphatic heterocycles. The maximum atomic E-state index is 13.3. The Morgan fingerprint density at radius 1 is 1.32 bits per heavy atom. The summed E-state index contributed by atoms with van der Waals surface area (Å²) >= 11 is 1.71. The average molecular weight is 277 g/mol. The van der Waals surface area contributed by atoms with Gasteiger partial charge in [0.1, 0.15) is 5.82 Å². The maximum Gasteiger partial charge on any atom is 0.123 e. The molecule has 0 aliphatic carbocycles. The minimum atomic E-state index is -0.326. The van der Waals surface area contributed by atoms with Crippen molar-refractivity contribution in [2.45, 2.75) is 25.1 Å². The van der Waals surface area contributed by atoms with Gasteiger partial charge in [-0.1, -0.05) is 18.2 Å². The molecule has 0 bridgehead atoms. The number of nitrogens with zero attached hydrogens (tertiary/aromatic N) is 1. The first kappa shape index (κ1) is 12.8. The van der Waals surface area contributed by atoms with Crippen molar-refractivity contribution >= 4 is 11.3 Å². The van der Waals surface area contributed by atoms with Crippen LogP contribution in [0.15, 0.2) is 41.8 Å². The number of rotatable bonds is 3. The molecular weight excluding hydrogens is 261 g/mol. The Labute approximate surface area is 116 Å². The van der Waals surface area contributed by atoms with Crippen molar-refractivity contribution in [1.82, 2.24) is 4.90 Å². The van der Waals surface area contributed by atoms with E-state index in [0.29, 0.717) is 13.0 Å². The Morgan fingerprint density at radius 2 is 2.21 bits per heavy atom. The first-order valence-corrected chi connectivity index (χ1v) is 7.30. The summed E-state index contributed by atoms with van der Waals surface area (Å²) in [6, 6.07) is 10.9. The molecule has 1 fully saturated rings. The third kappa shape index (κ3) is 2.86. The standard InChI is InChI=1S/C15H16FNOS/c16-12-4-1-3-11(7-12)15-8-13(18)9-17(15)10-14-5-2-6-19-14/h1-7,13,15,18H,8-10H2/t13-,15-/m0/s1. The summed E-state index contributed by atoms with van der Waals surface area (Å²) in [6.45, 7) is 1.47. The van der Waals surface area contributed by atoms with Gasteiger partial charge in [0.15, 0.2) is 0 Å². The van der Waals surface area contributed by atoms with Gasteiger partial charge in [-0.25, -0.2) is 4.39 Å². The van der Waals surface area contributed by atoms with Crippen molar-refractivity contribution in [3.8, 4) is 0 Å². The first-order chi connectivity index (χ1) is 9.22. The highest BCUT2D eigenvalue weighted by molar-refractivity contribution is 7.09. The second-order valence-electron chi connectivity index (χ2n) is 4.97. The molecule has 2 nitrogen and oxygen atoms in total. The van der Waals surface area contributed by atoms with Crippen LogP contribution in [-0.4, -0.2) is 22.7 Å². The third-order valence-electron chi connectivity index (χ3n) is 3.55. The van der Waals surface area contributed by atoms with E-state index in [9.17, 15) is 9.50 Å². The van der Waals surface area contributed by atoms with Crippen molar-refractivity contribution in [3.63, 3.8) is 0 Å². The molecule has 0 radical (unpaired) electrons. The summed E-state index contributed by atoms with van der Waals surface area (Å²) in [7, 11) is 0. The number of thiophene rings is 1. The third-order valence-corrected chi connectivity index (χ3v) is 4.41. The fourth-order valence-electron chi connectivity index (χ4n) is 2.72. The molecule has 1 saturated heterocycles. The predicted molar refractivity (Wildman–Crippen MR) is 74.5 cm³/mol. The summed E-state index contributed by atoms with van der Waals surface area (Å²) in [5.41, 5.74) is 0.952. The monoisotopic (exact) mass is 277 g/mol. The van der Waals surface area contributed by atoms with E-state index in [-0.39, 0.29) is 18.0 Å². The van der Waals surface area contributed by atoms with Crippen LogP contribution in [0.3, 0.4) is 0 Å². The van der Waals surface area contributed by atoms with Gasteiger partial charge in [0.25, 0.3) is 0 Å². The summed E-state index contributed by atoms with van der Waals surface area (Å²) in [5, 5.41) is 12.0. The number of hydrogen-bond acceptors (Lipinski definition) is 3. The molecule has 0 amide bonds. The van der Waals surface area contributed by atoms with Crippen molar-refractivity contribution in [3.05, 3.63) is 58.0 Å². The Hall–Kier alpha value is -1.23. The first-order valence-electron chi connectivity index (χ1n) is 6.42. The normalized spacial score (nSPS) is 23.9. The highest BCUT2D eigenvalue weighted by Crippen LogP contribution is 2.34. The minimum Gasteiger partial charge on any atom is -0.392 e. The van der Waals surface area contributed by atoms with Gasteiger partial charge in [-0.15, -0.1) is 11.3 Å². The van der Waals surface area contributed by atoms with Gasteiger partial charge in [0, 0.05) is 24.0 Å². The Kier molecular flexibility index (Phi) is 3.64. The number of hydrogen-bond donors (Lipinski definition) is 1. The van der Waals surface area contributed by atoms with Gasteiger partial charge >= 0.3 is 0 Å². The van der Waals surface area contributed by atoms with E-state index in [0.717, 1.165) is 12.1 Å².